The lowest BCUT2D eigenvalue weighted by atomic mass is 9.71. The van der Waals surface area contributed by atoms with Gasteiger partial charge in [-0.05, 0) is 51.5 Å². The van der Waals surface area contributed by atoms with Gasteiger partial charge in [0.1, 0.15) is 0 Å². The maximum Gasteiger partial charge on any atom is 0.220 e. The quantitative estimate of drug-likeness (QED) is 0.640. The summed E-state index contributed by atoms with van der Waals surface area (Å²) < 4.78 is 5.47. The van der Waals surface area contributed by atoms with Crippen molar-refractivity contribution in [2.45, 2.75) is 71.3 Å². The van der Waals surface area contributed by atoms with Crippen LogP contribution in [0.3, 0.4) is 0 Å². The van der Waals surface area contributed by atoms with E-state index in [1.165, 1.54) is 19.3 Å². The van der Waals surface area contributed by atoms with Crippen LogP contribution < -0.4 is 11.1 Å². The highest BCUT2D eigenvalue weighted by Crippen LogP contribution is 2.38. The Kier molecular flexibility index (Phi) is 8.15. The Morgan fingerprint density at radius 3 is 2.55 bits per heavy atom. The molecule has 0 unspecified atom stereocenters. The smallest absolute Gasteiger partial charge is 0.220 e. The van der Waals surface area contributed by atoms with Crippen LogP contribution in [-0.4, -0.2) is 31.7 Å². The van der Waals surface area contributed by atoms with E-state index in [1.54, 1.807) is 0 Å². The van der Waals surface area contributed by atoms with Crippen molar-refractivity contribution in [3.05, 3.63) is 0 Å². The van der Waals surface area contributed by atoms with E-state index in [4.69, 9.17) is 10.5 Å². The molecule has 4 nitrogen and oxygen atoms in total. The highest BCUT2D eigenvalue weighted by atomic mass is 16.5. The van der Waals surface area contributed by atoms with E-state index in [0.29, 0.717) is 19.1 Å². The molecular formula is C16H32N2O2. The van der Waals surface area contributed by atoms with Gasteiger partial charge in [-0.1, -0.05) is 19.3 Å². The fourth-order valence-corrected chi connectivity index (χ4v) is 2.93. The van der Waals surface area contributed by atoms with Gasteiger partial charge in [0, 0.05) is 19.6 Å². The first-order chi connectivity index (χ1) is 9.58. The van der Waals surface area contributed by atoms with Crippen molar-refractivity contribution in [3.63, 3.8) is 0 Å². The van der Waals surface area contributed by atoms with E-state index in [9.17, 15) is 4.79 Å². The van der Waals surface area contributed by atoms with Crippen LogP contribution in [0.25, 0.3) is 0 Å². The maximum absolute atomic E-state index is 12.0. The van der Waals surface area contributed by atoms with Crippen molar-refractivity contribution in [3.8, 4) is 0 Å². The molecule has 1 fully saturated rings. The fourth-order valence-electron chi connectivity index (χ4n) is 2.93. The van der Waals surface area contributed by atoms with E-state index in [0.717, 1.165) is 38.8 Å². The Balaban J connectivity index is 2.13. The van der Waals surface area contributed by atoms with Gasteiger partial charge < -0.3 is 15.8 Å². The lowest BCUT2D eigenvalue weighted by molar-refractivity contribution is -0.123. The molecule has 0 saturated heterocycles. The number of nitrogens with one attached hydrogen (secondary N) is 1. The summed E-state index contributed by atoms with van der Waals surface area (Å²) in [6.45, 7) is 6.25. The van der Waals surface area contributed by atoms with Crippen LogP contribution in [0.5, 0.6) is 0 Å². The average molecular weight is 284 g/mol. The Bertz CT molecular complexity index is 274. The summed E-state index contributed by atoms with van der Waals surface area (Å²) in [7, 11) is 0. The van der Waals surface area contributed by atoms with E-state index >= 15 is 0 Å². The number of carbonyl (C=O) groups excluding carboxylic acids is 1. The Morgan fingerprint density at radius 1 is 1.25 bits per heavy atom. The van der Waals surface area contributed by atoms with Crippen LogP contribution in [0.4, 0.5) is 0 Å². The van der Waals surface area contributed by atoms with Crippen molar-refractivity contribution >= 4 is 5.91 Å². The number of nitrogens with two attached hydrogens (primary N) is 1. The normalized spacial score (nSPS) is 18.2. The molecule has 3 N–H and O–H groups in total. The third-order valence-corrected chi connectivity index (χ3v) is 4.23. The van der Waals surface area contributed by atoms with Crippen LogP contribution in [0, 0.1) is 5.41 Å². The zero-order valence-corrected chi connectivity index (χ0v) is 13.2. The summed E-state index contributed by atoms with van der Waals surface area (Å²) in [6.07, 6.45) is 8.83. The first-order valence-electron chi connectivity index (χ1n) is 8.16. The molecule has 0 aromatic rings. The number of hydrogen-bond donors (Lipinski definition) is 2. The molecule has 0 bridgehead atoms. The minimum atomic E-state index is 0.0725. The molecule has 20 heavy (non-hydrogen) atoms. The fraction of sp³-hybridized carbons (Fsp3) is 0.938. The second-order valence-corrected chi connectivity index (χ2v) is 6.42. The SMILES string of the molecule is CC(C)OCCCCNC(=O)CC1(CN)CCCCC1. The standard InChI is InChI=1S/C16H32N2O2/c1-14(2)20-11-7-6-10-18-15(19)12-16(13-17)8-4-3-5-9-16/h14H,3-13,17H2,1-2H3,(H,18,19). The summed E-state index contributed by atoms with van der Waals surface area (Å²) in [4.78, 5) is 12.0. The molecule has 1 rings (SSSR count). The van der Waals surface area contributed by atoms with Gasteiger partial charge in [0.2, 0.25) is 5.91 Å². The number of carbonyl (C=O) groups is 1. The van der Waals surface area contributed by atoms with Crippen LogP contribution >= 0.6 is 0 Å². The molecule has 0 heterocycles. The van der Waals surface area contributed by atoms with Crippen LogP contribution in [0.15, 0.2) is 0 Å². The molecule has 0 aromatic heterocycles. The van der Waals surface area contributed by atoms with Gasteiger partial charge in [0.05, 0.1) is 6.10 Å². The minimum Gasteiger partial charge on any atom is -0.379 e. The number of rotatable bonds is 9. The third-order valence-electron chi connectivity index (χ3n) is 4.23. The number of hydrogen-bond acceptors (Lipinski definition) is 3. The van der Waals surface area contributed by atoms with Crippen LogP contribution in [-0.2, 0) is 9.53 Å². The van der Waals surface area contributed by atoms with E-state index in [2.05, 4.69) is 5.32 Å². The van der Waals surface area contributed by atoms with Crippen molar-refractivity contribution < 1.29 is 9.53 Å². The van der Waals surface area contributed by atoms with Gasteiger partial charge in [-0.2, -0.15) is 0 Å². The topological polar surface area (TPSA) is 64.3 Å². The molecule has 1 saturated carbocycles. The van der Waals surface area contributed by atoms with Crippen LogP contribution in [0.1, 0.15) is 65.2 Å². The molecule has 0 aromatic carbocycles. The van der Waals surface area contributed by atoms with Crippen molar-refractivity contribution in [1.29, 1.82) is 0 Å². The maximum atomic E-state index is 12.0. The third kappa shape index (κ3) is 6.71. The number of amides is 1. The largest absolute Gasteiger partial charge is 0.379 e. The van der Waals surface area contributed by atoms with Crippen LogP contribution in [0.2, 0.25) is 0 Å². The predicted octanol–water partition coefficient (Wildman–Crippen LogP) is 2.61. The Morgan fingerprint density at radius 2 is 1.95 bits per heavy atom. The molecule has 118 valence electrons. The van der Waals surface area contributed by atoms with Crippen molar-refractivity contribution in [1.82, 2.24) is 5.32 Å². The molecular weight excluding hydrogens is 252 g/mol. The highest BCUT2D eigenvalue weighted by molar-refractivity contribution is 5.76. The molecule has 0 radical (unpaired) electrons. The molecule has 0 atom stereocenters. The monoisotopic (exact) mass is 284 g/mol. The zero-order chi connectivity index (χ0) is 14.8. The molecule has 0 aliphatic heterocycles. The molecule has 1 amide bonds. The van der Waals surface area contributed by atoms with Gasteiger partial charge in [-0.25, -0.2) is 0 Å². The molecule has 1 aliphatic rings. The van der Waals surface area contributed by atoms with Gasteiger partial charge in [0.25, 0.3) is 0 Å². The lowest BCUT2D eigenvalue weighted by Crippen LogP contribution is -2.38. The molecule has 0 spiro atoms. The van der Waals surface area contributed by atoms with Gasteiger partial charge in [-0.15, -0.1) is 0 Å². The second-order valence-electron chi connectivity index (χ2n) is 6.42. The Hall–Kier alpha value is -0.610. The van der Waals surface area contributed by atoms with Crippen molar-refractivity contribution in [2.24, 2.45) is 11.1 Å². The van der Waals surface area contributed by atoms with E-state index in [1.807, 2.05) is 13.8 Å². The Labute approximate surface area is 123 Å². The zero-order valence-electron chi connectivity index (χ0n) is 13.2. The van der Waals surface area contributed by atoms with E-state index < -0.39 is 0 Å². The van der Waals surface area contributed by atoms with Gasteiger partial charge in [-0.3, -0.25) is 4.79 Å². The summed E-state index contributed by atoms with van der Waals surface area (Å²) in [5, 5.41) is 3.03. The molecule has 4 heteroatoms. The summed E-state index contributed by atoms with van der Waals surface area (Å²) in [5.74, 6) is 0.169. The summed E-state index contributed by atoms with van der Waals surface area (Å²) in [6, 6.07) is 0. The first-order valence-corrected chi connectivity index (χ1v) is 8.16. The highest BCUT2D eigenvalue weighted by Gasteiger charge is 2.32. The lowest BCUT2D eigenvalue weighted by Gasteiger charge is -2.35. The molecule has 1 aliphatic carbocycles. The van der Waals surface area contributed by atoms with Gasteiger partial charge in [0.15, 0.2) is 0 Å². The number of unbranched alkanes of at least 4 members (excludes halogenated alkanes) is 1. The summed E-state index contributed by atoms with van der Waals surface area (Å²) in [5.41, 5.74) is 5.99. The van der Waals surface area contributed by atoms with E-state index in [-0.39, 0.29) is 11.3 Å². The van der Waals surface area contributed by atoms with Crippen molar-refractivity contribution in [2.75, 3.05) is 19.7 Å². The van der Waals surface area contributed by atoms with Gasteiger partial charge >= 0.3 is 0 Å². The minimum absolute atomic E-state index is 0.0725. The summed E-state index contributed by atoms with van der Waals surface area (Å²) >= 11 is 0. The second kappa shape index (κ2) is 9.35. The first kappa shape index (κ1) is 17.4. The predicted molar refractivity (Wildman–Crippen MR) is 82.5 cm³/mol. The number of ether oxygens (including phenoxy) is 1. The average Bonchev–Trinajstić information content (AvgIpc) is 2.43.